The normalized spacial score (nSPS) is 11.7. The van der Waals surface area contributed by atoms with Crippen molar-refractivity contribution < 1.29 is 9.53 Å². The number of benzene rings is 2. The largest absolute Gasteiger partial charge is 0.482 e. The number of nitrogens with zero attached hydrogens (tertiary/aromatic N) is 3. The second-order valence-corrected chi connectivity index (χ2v) is 8.36. The van der Waals surface area contributed by atoms with Gasteiger partial charge in [-0.2, -0.15) is 0 Å². The van der Waals surface area contributed by atoms with E-state index < -0.39 is 0 Å². The van der Waals surface area contributed by atoms with E-state index in [-0.39, 0.29) is 17.8 Å². The number of rotatable bonds is 9. The third kappa shape index (κ3) is 5.68. The molecule has 8 heteroatoms. The van der Waals surface area contributed by atoms with Gasteiger partial charge in [-0.25, -0.2) is 0 Å². The number of anilines is 1. The molecule has 0 saturated heterocycles. The lowest BCUT2D eigenvalue weighted by Gasteiger charge is -2.18. The first-order chi connectivity index (χ1) is 14.9. The smallest absolute Gasteiger partial charge is 0.234 e. The number of thioether (sulfide) groups is 1. The van der Waals surface area contributed by atoms with Crippen molar-refractivity contribution in [2.45, 2.75) is 38.6 Å². The lowest BCUT2D eigenvalue weighted by Crippen LogP contribution is -2.16. The van der Waals surface area contributed by atoms with Crippen LogP contribution >= 0.6 is 23.4 Å². The van der Waals surface area contributed by atoms with Gasteiger partial charge >= 0.3 is 0 Å². The zero-order chi connectivity index (χ0) is 22.4. The van der Waals surface area contributed by atoms with E-state index in [9.17, 15) is 4.79 Å². The number of nitrogens with one attached hydrogen (secondary N) is 1. The fourth-order valence-electron chi connectivity index (χ4n) is 2.98. The molecule has 1 unspecified atom stereocenters. The zero-order valence-electron chi connectivity index (χ0n) is 17.8. The minimum absolute atomic E-state index is 0.173. The van der Waals surface area contributed by atoms with Crippen LogP contribution in [0.25, 0.3) is 0 Å². The van der Waals surface area contributed by atoms with Crippen LogP contribution in [0, 0.1) is 13.8 Å². The van der Waals surface area contributed by atoms with Crippen LogP contribution in [0.15, 0.2) is 60.3 Å². The summed E-state index contributed by atoms with van der Waals surface area (Å²) < 4.78 is 8.08. The molecule has 0 fully saturated rings. The topological polar surface area (TPSA) is 69.0 Å². The van der Waals surface area contributed by atoms with Gasteiger partial charge < -0.3 is 10.1 Å². The fraction of sp³-hybridized carbons (Fsp3) is 0.261. The molecule has 0 bridgehead atoms. The minimum Gasteiger partial charge on any atom is -0.482 e. The number of halogens is 1. The highest BCUT2D eigenvalue weighted by Crippen LogP contribution is 2.28. The molecule has 3 aromatic rings. The Morgan fingerprint density at radius 1 is 1.26 bits per heavy atom. The number of amides is 1. The van der Waals surface area contributed by atoms with Gasteiger partial charge in [-0.1, -0.05) is 53.7 Å². The average molecular weight is 457 g/mol. The van der Waals surface area contributed by atoms with Gasteiger partial charge in [0, 0.05) is 6.54 Å². The van der Waals surface area contributed by atoms with Gasteiger partial charge in [-0.15, -0.1) is 16.8 Å². The molecule has 162 valence electrons. The number of carbonyl (C=O) groups is 1. The zero-order valence-corrected chi connectivity index (χ0v) is 19.3. The summed E-state index contributed by atoms with van der Waals surface area (Å²) >= 11 is 7.41. The summed E-state index contributed by atoms with van der Waals surface area (Å²) in [6.07, 6.45) is 1.45. The Bertz CT molecular complexity index is 1080. The predicted molar refractivity (Wildman–Crippen MR) is 126 cm³/mol. The molecule has 0 aliphatic carbocycles. The molecule has 31 heavy (non-hydrogen) atoms. The van der Waals surface area contributed by atoms with E-state index in [1.165, 1.54) is 11.8 Å². The highest BCUT2D eigenvalue weighted by molar-refractivity contribution is 7.99. The SMILES string of the molecule is C=CCn1c(SCC(=O)Nc2ccccc2Cl)nnc1C(C)Oc1cccc(C)c1C. The standard InChI is InChI=1S/C23H25ClN4O2S/c1-5-13-28-22(17(4)30-20-12-8-9-15(2)16(20)3)26-27-23(28)31-14-21(29)25-19-11-7-6-10-18(19)24/h5-12,17H,1,13-14H2,2-4H3,(H,25,29). The minimum atomic E-state index is -0.320. The fourth-order valence-corrected chi connectivity index (χ4v) is 3.92. The monoisotopic (exact) mass is 456 g/mol. The Morgan fingerprint density at radius 3 is 2.77 bits per heavy atom. The number of hydrogen-bond acceptors (Lipinski definition) is 5. The Hall–Kier alpha value is -2.77. The van der Waals surface area contributed by atoms with E-state index in [1.807, 2.05) is 42.7 Å². The molecule has 1 aromatic heterocycles. The number of hydrogen-bond donors (Lipinski definition) is 1. The molecule has 6 nitrogen and oxygen atoms in total. The second-order valence-electron chi connectivity index (χ2n) is 7.01. The van der Waals surface area contributed by atoms with Crippen LogP contribution in [-0.4, -0.2) is 26.4 Å². The summed E-state index contributed by atoms with van der Waals surface area (Å²) in [6, 6.07) is 13.1. The molecular formula is C23H25ClN4O2S. The van der Waals surface area contributed by atoms with Crippen molar-refractivity contribution in [1.29, 1.82) is 0 Å². The second kappa shape index (κ2) is 10.5. The summed E-state index contributed by atoms with van der Waals surface area (Å²) in [7, 11) is 0. The predicted octanol–water partition coefficient (Wildman–Crippen LogP) is 5.61. The van der Waals surface area contributed by atoms with E-state index in [0.29, 0.717) is 28.2 Å². The van der Waals surface area contributed by atoms with Gasteiger partial charge in [0.25, 0.3) is 0 Å². The summed E-state index contributed by atoms with van der Waals surface area (Å²) in [5.74, 6) is 1.49. The van der Waals surface area contributed by atoms with Crippen molar-refractivity contribution in [3.63, 3.8) is 0 Å². The van der Waals surface area contributed by atoms with E-state index in [4.69, 9.17) is 16.3 Å². The van der Waals surface area contributed by atoms with Crippen LogP contribution in [0.2, 0.25) is 5.02 Å². The van der Waals surface area contributed by atoms with Gasteiger partial charge in [0.1, 0.15) is 5.75 Å². The number of aromatic nitrogens is 3. The maximum atomic E-state index is 12.4. The highest BCUT2D eigenvalue weighted by atomic mass is 35.5. The first-order valence-corrected chi connectivity index (χ1v) is 11.2. The Kier molecular flexibility index (Phi) is 7.76. The number of para-hydroxylation sites is 1. The summed E-state index contributed by atoms with van der Waals surface area (Å²) in [4.78, 5) is 12.4. The van der Waals surface area contributed by atoms with Gasteiger partial charge in [0.05, 0.1) is 16.5 Å². The van der Waals surface area contributed by atoms with Crippen LogP contribution in [-0.2, 0) is 11.3 Å². The molecule has 1 atom stereocenters. The molecule has 0 aliphatic rings. The Morgan fingerprint density at radius 2 is 2.03 bits per heavy atom. The first-order valence-electron chi connectivity index (χ1n) is 9.84. The van der Waals surface area contributed by atoms with Crippen molar-refractivity contribution in [3.05, 3.63) is 77.1 Å². The molecule has 1 heterocycles. The lowest BCUT2D eigenvalue weighted by molar-refractivity contribution is -0.113. The summed E-state index contributed by atoms with van der Waals surface area (Å²) in [6.45, 7) is 10.4. The van der Waals surface area contributed by atoms with Gasteiger partial charge in [0.2, 0.25) is 5.91 Å². The maximum absolute atomic E-state index is 12.4. The maximum Gasteiger partial charge on any atom is 0.234 e. The highest BCUT2D eigenvalue weighted by Gasteiger charge is 2.20. The van der Waals surface area contributed by atoms with Crippen molar-refractivity contribution in [3.8, 4) is 5.75 Å². The molecule has 2 aromatic carbocycles. The third-order valence-electron chi connectivity index (χ3n) is 4.76. The van der Waals surface area contributed by atoms with E-state index in [2.05, 4.69) is 35.1 Å². The molecule has 0 aliphatic heterocycles. The molecule has 0 saturated carbocycles. The van der Waals surface area contributed by atoms with Crippen LogP contribution in [0.4, 0.5) is 5.69 Å². The van der Waals surface area contributed by atoms with E-state index in [1.54, 1.807) is 18.2 Å². The quantitative estimate of drug-likeness (QED) is 0.335. The molecule has 0 spiro atoms. The number of carbonyl (C=O) groups excluding carboxylic acids is 1. The average Bonchev–Trinajstić information content (AvgIpc) is 3.14. The lowest BCUT2D eigenvalue weighted by atomic mass is 10.1. The van der Waals surface area contributed by atoms with Crippen molar-refractivity contribution in [2.75, 3.05) is 11.1 Å². The van der Waals surface area contributed by atoms with Crippen LogP contribution in [0.3, 0.4) is 0 Å². The van der Waals surface area contributed by atoms with E-state index in [0.717, 1.165) is 16.9 Å². The van der Waals surface area contributed by atoms with Crippen LogP contribution < -0.4 is 10.1 Å². The summed E-state index contributed by atoms with van der Waals surface area (Å²) in [5.41, 5.74) is 2.84. The number of ether oxygens (including phenoxy) is 1. The molecular weight excluding hydrogens is 432 g/mol. The van der Waals surface area contributed by atoms with Crippen LogP contribution in [0.1, 0.15) is 30.0 Å². The van der Waals surface area contributed by atoms with Gasteiger partial charge in [-0.05, 0) is 50.1 Å². The van der Waals surface area contributed by atoms with Gasteiger partial charge in [0.15, 0.2) is 17.1 Å². The van der Waals surface area contributed by atoms with E-state index >= 15 is 0 Å². The number of aryl methyl sites for hydroxylation is 1. The van der Waals surface area contributed by atoms with Crippen molar-refractivity contribution in [2.24, 2.45) is 0 Å². The molecule has 3 rings (SSSR count). The molecule has 1 amide bonds. The van der Waals surface area contributed by atoms with Crippen molar-refractivity contribution >= 4 is 35.0 Å². The first kappa shape index (κ1) is 22.9. The molecule has 1 N–H and O–H groups in total. The molecule has 0 radical (unpaired) electrons. The number of allylic oxidation sites excluding steroid dienone is 1. The van der Waals surface area contributed by atoms with Crippen LogP contribution in [0.5, 0.6) is 5.75 Å². The van der Waals surface area contributed by atoms with Crippen molar-refractivity contribution in [1.82, 2.24) is 14.8 Å². The Labute approximate surface area is 191 Å². The summed E-state index contributed by atoms with van der Waals surface area (Å²) in [5, 5.41) is 12.5. The van der Waals surface area contributed by atoms with Gasteiger partial charge in [-0.3, -0.25) is 9.36 Å². The Balaban J connectivity index is 1.71. The third-order valence-corrected chi connectivity index (χ3v) is 6.06.